The Morgan fingerprint density at radius 3 is 2.88 bits per heavy atom. The maximum absolute atomic E-state index is 10.7. The Morgan fingerprint density at radius 2 is 2.18 bits per heavy atom. The molecule has 0 atom stereocenters. The van der Waals surface area contributed by atoms with Crippen LogP contribution in [0.5, 0.6) is 5.75 Å². The molecular formula is C12H9ClN2O2. The van der Waals surface area contributed by atoms with E-state index in [9.17, 15) is 4.79 Å². The van der Waals surface area contributed by atoms with Gasteiger partial charge in [-0.2, -0.15) is 0 Å². The molecule has 0 saturated heterocycles. The van der Waals surface area contributed by atoms with Crippen molar-refractivity contribution >= 4 is 17.9 Å². The molecule has 0 N–H and O–H groups in total. The molecule has 2 rings (SSSR count). The lowest BCUT2D eigenvalue weighted by molar-refractivity contribution is 0.111. The first kappa shape index (κ1) is 11.5. The van der Waals surface area contributed by atoms with E-state index < -0.39 is 0 Å². The zero-order valence-electron chi connectivity index (χ0n) is 9.05. The Kier molecular flexibility index (Phi) is 3.35. The molecule has 0 aliphatic carbocycles. The zero-order valence-corrected chi connectivity index (χ0v) is 9.81. The van der Waals surface area contributed by atoms with Crippen LogP contribution in [0.4, 0.5) is 0 Å². The molecule has 0 amide bonds. The van der Waals surface area contributed by atoms with Crippen LogP contribution >= 0.6 is 11.6 Å². The summed E-state index contributed by atoms with van der Waals surface area (Å²) >= 11 is 5.85. The smallest absolute Gasteiger partial charge is 0.168 e. The van der Waals surface area contributed by atoms with Gasteiger partial charge in [-0.3, -0.25) is 9.78 Å². The van der Waals surface area contributed by atoms with Gasteiger partial charge in [0.05, 0.1) is 13.3 Å². The monoisotopic (exact) mass is 248 g/mol. The summed E-state index contributed by atoms with van der Waals surface area (Å²) in [6.07, 6.45) is 3.80. The molecule has 0 fully saturated rings. The van der Waals surface area contributed by atoms with Gasteiger partial charge in [-0.25, -0.2) is 4.98 Å². The lowest BCUT2D eigenvalue weighted by Gasteiger charge is -2.08. The molecule has 0 aromatic carbocycles. The zero-order chi connectivity index (χ0) is 12.3. The van der Waals surface area contributed by atoms with Crippen LogP contribution in [0, 0.1) is 0 Å². The summed E-state index contributed by atoms with van der Waals surface area (Å²) in [5, 5.41) is 0.366. The Morgan fingerprint density at radius 1 is 1.35 bits per heavy atom. The van der Waals surface area contributed by atoms with Gasteiger partial charge in [0.15, 0.2) is 6.29 Å². The molecule has 86 valence electrons. The number of hydrogen-bond donors (Lipinski definition) is 0. The minimum atomic E-state index is 0.359. The van der Waals surface area contributed by atoms with Crippen molar-refractivity contribution in [1.82, 2.24) is 9.97 Å². The van der Waals surface area contributed by atoms with Crippen LogP contribution < -0.4 is 4.74 Å². The third-order valence-corrected chi connectivity index (χ3v) is 2.47. The number of aldehydes is 1. The SMILES string of the molecule is COc1cnc(Cl)cc1-c1ccnc(C=O)c1. The molecule has 2 aromatic heterocycles. The van der Waals surface area contributed by atoms with Gasteiger partial charge >= 0.3 is 0 Å². The van der Waals surface area contributed by atoms with Crippen LogP contribution in [-0.4, -0.2) is 23.4 Å². The number of methoxy groups -OCH3 is 1. The van der Waals surface area contributed by atoms with Gasteiger partial charge in [0, 0.05) is 11.8 Å². The molecule has 0 spiro atoms. The highest BCUT2D eigenvalue weighted by molar-refractivity contribution is 6.29. The van der Waals surface area contributed by atoms with Crippen molar-refractivity contribution in [2.75, 3.05) is 7.11 Å². The van der Waals surface area contributed by atoms with Crippen molar-refractivity contribution in [3.8, 4) is 16.9 Å². The summed E-state index contributed by atoms with van der Waals surface area (Å²) in [5.74, 6) is 0.595. The average molecular weight is 249 g/mol. The number of hydrogen-bond acceptors (Lipinski definition) is 4. The average Bonchev–Trinajstić information content (AvgIpc) is 2.39. The highest BCUT2D eigenvalue weighted by Gasteiger charge is 2.08. The standard InChI is InChI=1S/C12H9ClN2O2/c1-17-11-6-15-12(13)5-10(11)8-2-3-14-9(4-8)7-16/h2-7H,1H3. The van der Waals surface area contributed by atoms with Crippen molar-refractivity contribution in [3.05, 3.63) is 41.4 Å². The van der Waals surface area contributed by atoms with E-state index in [4.69, 9.17) is 16.3 Å². The molecular weight excluding hydrogens is 240 g/mol. The highest BCUT2D eigenvalue weighted by Crippen LogP contribution is 2.30. The second-order valence-corrected chi connectivity index (χ2v) is 3.68. The van der Waals surface area contributed by atoms with Crippen molar-refractivity contribution in [3.63, 3.8) is 0 Å². The molecule has 17 heavy (non-hydrogen) atoms. The van der Waals surface area contributed by atoms with E-state index in [1.807, 2.05) is 0 Å². The second-order valence-electron chi connectivity index (χ2n) is 3.29. The van der Waals surface area contributed by atoms with E-state index in [0.717, 1.165) is 11.1 Å². The van der Waals surface area contributed by atoms with E-state index in [0.29, 0.717) is 22.9 Å². The van der Waals surface area contributed by atoms with Crippen molar-refractivity contribution in [1.29, 1.82) is 0 Å². The topological polar surface area (TPSA) is 52.1 Å². The largest absolute Gasteiger partial charge is 0.494 e. The van der Waals surface area contributed by atoms with E-state index >= 15 is 0 Å². The van der Waals surface area contributed by atoms with Crippen LogP contribution in [-0.2, 0) is 0 Å². The van der Waals surface area contributed by atoms with Gasteiger partial charge in [-0.1, -0.05) is 11.6 Å². The quantitative estimate of drug-likeness (QED) is 0.619. The van der Waals surface area contributed by atoms with Gasteiger partial charge in [-0.05, 0) is 23.8 Å². The lowest BCUT2D eigenvalue weighted by atomic mass is 10.1. The van der Waals surface area contributed by atoms with E-state index in [-0.39, 0.29) is 0 Å². The molecule has 4 nitrogen and oxygen atoms in total. The molecule has 0 unspecified atom stereocenters. The molecule has 0 aliphatic heterocycles. The number of halogens is 1. The number of ether oxygens (including phenoxy) is 1. The van der Waals surface area contributed by atoms with Gasteiger partial charge < -0.3 is 4.74 Å². The molecule has 0 bridgehead atoms. The fourth-order valence-electron chi connectivity index (χ4n) is 1.49. The summed E-state index contributed by atoms with van der Waals surface area (Å²) in [6, 6.07) is 5.13. The molecule has 5 heteroatoms. The molecule has 0 saturated carbocycles. The number of nitrogens with zero attached hydrogens (tertiary/aromatic N) is 2. The molecule has 2 heterocycles. The predicted molar refractivity (Wildman–Crippen MR) is 64.4 cm³/mol. The number of rotatable bonds is 3. The minimum Gasteiger partial charge on any atom is -0.494 e. The molecule has 0 aliphatic rings. The first-order valence-corrected chi connectivity index (χ1v) is 5.23. The van der Waals surface area contributed by atoms with E-state index in [1.165, 1.54) is 0 Å². The first-order chi connectivity index (χ1) is 8.24. The summed E-state index contributed by atoms with van der Waals surface area (Å²) in [5.41, 5.74) is 1.94. The van der Waals surface area contributed by atoms with E-state index in [2.05, 4.69) is 9.97 Å². The van der Waals surface area contributed by atoms with Gasteiger partial charge in [-0.15, -0.1) is 0 Å². The van der Waals surface area contributed by atoms with Crippen LogP contribution in [0.15, 0.2) is 30.6 Å². The fourth-order valence-corrected chi connectivity index (χ4v) is 1.64. The number of carbonyl (C=O) groups excluding carboxylic acids is 1. The van der Waals surface area contributed by atoms with Gasteiger partial charge in [0.1, 0.15) is 16.6 Å². The van der Waals surface area contributed by atoms with E-state index in [1.54, 1.807) is 37.7 Å². The maximum atomic E-state index is 10.7. The Hall–Kier alpha value is -1.94. The summed E-state index contributed by atoms with van der Waals surface area (Å²) in [7, 11) is 1.55. The minimum absolute atomic E-state index is 0.359. The van der Waals surface area contributed by atoms with Crippen molar-refractivity contribution in [2.24, 2.45) is 0 Å². The third-order valence-electron chi connectivity index (χ3n) is 2.27. The number of pyridine rings is 2. The first-order valence-electron chi connectivity index (χ1n) is 4.85. The van der Waals surface area contributed by atoms with Crippen LogP contribution in [0.1, 0.15) is 10.5 Å². The second kappa shape index (κ2) is 4.93. The third kappa shape index (κ3) is 2.42. The maximum Gasteiger partial charge on any atom is 0.168 e. The normalized spacial score (nSPS) is 10.0. The van der Waals surface area contributed by atoms with Gasteiger partial charge in [0.25, 0.3) is 0 Å². The van der Waals surface area contributed by atoms with Crippen molar-refractivity contribution in [2.45, 2.75) is 0 Å². The molecule has 2 aromatic rings. The lowest BCUT2D eigenvalue weighted by Crippen LogP contribution is -1.92. The highest BCUT2D eigenvalue weighted by atomic mass is 35.5. The fraction of sp³-hybridized carbons (Fsp3) is 0.0833. The molecule has 0 radical (unpaired) electrons. The summed E-state index contributed by atoms with van der Waals surface area (Å²) < 4.78 is 5.20. The Bertz CT molecular complexity index is 558. The summed E-state index contributed by atoms with van der Waals surface area (Å²) in [4.78, 5) is 18.5. The van der Waals surface area contributed by atoms with Crippen molar-refractivity contribution < 1.29 is 9.53 Å². The van der Waals surface area contributed by atoms with Crippen LogP contribution in [0.3, 0.4) is 0 Å². The van der Waals surface area contributed by atoms with Crippen LogP contribution in [0.25, 0.3) is 11.1 Å². The predicted octanol–water partition coefficient (Wildman–Crippen LogP) is 2.62. The summed E-state index contributed by atoms with van der Waals surface area (Å²) in [6.45, 7) is 0. The van der Waals surface area contributed by atoms with Crippen LogP contribution in [0.2, 0.25) is 5.15 Å². The number of aromatic nitrogens is 2. The van der Waals surface area contributed by atoms with Gasteiger partial charge in [0.2, 0.25) is 0 Å². The Labute approximate surface area is 103 Å². The number of carbonyl (C=O) groups is 1. The Balaban J connectivity index is 2.58.